The van der Waals surface area contributed by atoms with Crippen molar-refractivity contribution in [1.29, 1.82) is 0 Å². The van der Waals surface area contributed by atoms with Crippen LogP contribution in [0.3, 0.4) is 0 Å². The molecule has 1 aromatic heterocycles. The Kier molecular flexibility index (Phi) is 6.29. The van der Waals surface area contributed by atoms with Crippen LogP contribution in [-0.4, -0.2) is 36.1 Å². The minimum absolute atomic E-state index is 0.271. The van der Waals surface area contributed by atoms with Gasteiger partial charge in [0.1, 0.15) is 11.5 Å². The van der Waals surface area contributed by atoms with Crippen LogP contribution >= 0.6 is 11.6 Å². The first-order chi connectivity index (χ1) is 13.6. The van der Waals surface area contributed by atoms with E-state index in [-0.39, 0.29) is 5.69 Å². The van der Waals surface area contributed by atoms with Gasteiger partial charge in [-0.1, -0.05) is 23.7 Å². The van der Waals surface area contributed by atoms with E-state index in [0.717, 1.165) is 5.56 Å². The molecule has 0 aliphatic carbocycles. The summed E-state index contributed by atoms with van der Waals surface area (Å²) in [6.07, 6.45) is 3.24. The van der Waals surface area contributed by atoms with E-state index in [1.807, 2.05) is 24.3 Å². The molecule has 1 heterocycles. The SMILES string of the molecule is COc1ccc(/C=N\NC(=O)c2ccn(Cc3ccc(Cl)cc3)n2)c(OC)c1. The number of amides is 1. The molecular formula is C20H19ClN4O3. The van der Waals surface area contributed by atoms with Crippen molar-refractivity contribution in [2.75, 3.05) is 14.2 Å². The van der Waals surface area contributed by atoms with Gasteiger partial charge in [-0.2, -0.15) is 10.2 Å². The van der Waals surface area contributed by atoms with Crippen molar-refractivity contribution in [3.8, 4) is 11.5 Å². The Morgan fingerprint density at radius 2 is 1.96 bits per heavy atom. The van der Waals surface area contributed by atoms with E-state index in [1.165, 1.54) is 6.21 Å². The molecule has 7 nitrogen and oxygen atoms in total. The number of benzene rings is 2. The van der Waals surface area contributed by atoms with Gasteiger partial charge < -0.3 is 9.47 Å². The molecule has 8 heteroatoms. The molecule has 1 amide bonds. The van der Waals surface area contributed by atoms with E-state index in [4.69, 9.17) is 21.1 Å². The number of hydrazone groups is 1. The standard InChI is InChI=1S/C20H19ClN4O3/c1-27-17-8-5-15(19(11-17)28-2)12-22-23-20(26)18-9-10-25(24-18)13-14-3-6-16(21)7-4-14/h3-12H,13H2,1-2H3,(H,23,26)/b22-12-. The summed E-state index contributed by atoms with van der Waals surface area (Å²) in [6.45, 7) is 0.538. The molecule has 0 fully saturated rings. The second-order valence-corrected chi connectivity index (χ2v) is 6.27. The van der Waals surface area contributed by atoms with Crippen molar-refractivity contribution in [2.24, 2.45) is 5.10 Å². The van der Waals surface area contributed by atoms with Gasteiger partial charge >= 0.3 is 0 Å². The highest BCUT2D eigenvalue weighted by molar-refractivity contribution is 6.30. The topological polar surface area (TPSA) is 77.7 Å². The second kappa shape index (κ2) is 9.05. The van der Waals surface area contributed by atoms with Gasteiger partial charge in [0.2, 0.25) is 0 Å². The normalized spacial score (nSPS) is 10.8. The summed E-state index contributed by atoms with van der Waals surface area (Å²) in [4.78, 5) is 12.2. The van der Waals surface area contributed by atoms with Crippen molar-refractivity contribution in [1.82, 2.24) is 15.2 Å². The number of carbonyl (C=O) groups is 1. The third-order valence-electron chi connectivity index (χ3n) is 3.94. The minimum atomic E-state index is -0.404. The van der Waals surface area contributed by atoms with Gasteiger partial charge in [-0.05, 0) is 35.9 Å². The Hall–Kier alpha value is -3.32. The van der Waals surface area contributed by atoms with Crippen LogP contribution in [0.5, 0.6) is 11.5 Å². The van der Waals surface area contributed by atoms with Gasteiger partial charge in [0.05, 0.1) is 27.0 Å². The van der Waals surface area contributed by atoms with E-state index in [1.54, 1.807) is 49.4 Å². The number of nitrogens with one attached hydrogen (secondary N) is 1. The number of methoxy groups -OCH3 is 2. The van der Waals surface area contributed by atoms with E-state index in [2.05, 4.69) is 15.6 Å². The van der Waals surface area contributed by atoms with Gasteiger partial charge in [-0.3, -0.25) is 9.48 Å². The fourth-order valence-corrected chi connectivity index (χ4v) is 2.62. The number of hydrogen-bond donors (Lipinski definition) is 1. The average molecular weight is 399 g/mol. The molecule has 0 aliphatic rings. The molecule has 0 aliphatic heterocycles. The Morgan fingerprint density at radius 1 is 1.18 bits per heavy atom. The van der Waals surface area contributed by atoms with Crippen LogP contribution < -0.4 is 14.9 Å². The Bertz CT molecular complexity index is 983. The number of nitrogens with zero attached hydrogens (tertiary/aromatic N) is 3. The summed E-state index contributed by atoms with van der Waals surface area (Å²) in [7, 11) is 3.13. The third-order valence-corrected chi connectivity index (χ3v) is 4.19. The van der Waals surface area contributed by atoms with Crippen LogP contribution in [0.4, 0.5) is 0 Å². The smallest absolute Gasteiger partial charge is 0.291 e. The maximum atomic E-state index is 12.2. The lowest BCUT2D eigenvalue weighted by Gasteiger charge is -2.06. The van der Waals surface area contributed by atoms with Gasteiger partial charge in [0, 0.05) is 22.8 Å². The Labute approximate surface area is 167 Å². The number of rotatable bonds is 7. The highest BCUT2D eigenvalue weighted by Gasteiger charge is 2.09. The lowest BCUT2D eigenvalue weighted by atomic mass is 10.2. The summed E-state index contributed by atoms with van der Waals surface area (Å²) in [6, 6.07) is 14.4. The average Bonchev–Trinajstić information content (AvgIpc) is 3.18. The van der Waals surface area contributed by atoms with Gasteiger partial charge in [-0.25, -0.2) is 5.43 Å². The van der Waals surface area contributed by atoms with Crippen molar-refractivity contribution < 1.29 is 14.3 Å². The zero-order valence-corrected chi connectivity index (χ0v) is 16.2. The Balaban J connectivity index is 1.61. The molecular weight excluding hydrogens is 380 g/mol. The van der Waals surface area contributed by atoms with E-state index >= 15 is 0 Å². The molecule has 0 saturated heterocycles. The molecule has 3 rings (SSSR count). The van der Waals surface area contributed by atoms with Crippen molar-refractivity contribution >= 4 is 23.7 Å². The van der Waals surface area contributed by atoms with Gasteiger partial charge in [0.25, 0.3) is 5.91 Å². The fourth-order valence-electron chi connectivity index (χ4n) is 2.49. The van der Waals surface area contributed by atoms with Crippen LogP contribution in [0.1, 0.15) is 21.6 Å². The van der Waals surface area contributed by atoms with Crippen LogP contribution in [0, 0.1) is 0 Å². The number of halogens is 1. The Morgan fingerprint density at radius 3 is 2.68 bits per heavy atom. The summed E-state index contributed by atoms with van der Waals surface area (Å²) < 4.78 is 12.1. The van der Waals surface area contributed by atoms with Crippen molar-refractivity contribution in [2.45, 2.75) is 6.54 Å². The zero-order chi connectivity index (χ0) is 19.9. The molecule has 1 N–H and O–H groups in total. The monoisotopic (exact) mass is 398 g/mol. The van der Waals surface area contributed by atoms with Crippen LogP contribution in [0.2, 0.25) is 5.02 Å². The van der Waals surface area contributed by atoms with Gasteiger partial charge in [-0.15, -0.1) is 0 Å². The highest BCUT2D eigenvalue weighted by atomic mass is 35.5. The lowest BCUT2D eigenvalue weighted by molar-refractivity contribution is 0.0949. The minimum Gasteiger partial charge on any atom is -0.497 e. The molecule has 2 aromatic carbocycles. The van der Waals surface area contributed by atoms with Crippen LogP contribution in [-0.2, 0) is 6.54 Å². The number of ether oxygens (including phenoxy) is 2. The van der Waals surface area contributed by atoms with Crippen LogP contribution in [0.15, 0.2) is 59.8 Å². The predicted molar refractivity (Wildman–Crippen MR) is 107 cm³/mol. The number of aromatic nitrogens is 2. The summed E-state index contributed by atoms with van der Waals surface area (Å²) in [5.74, 6) is 0.854. The number of carbonyl (C=O) groups excluding carboxylic acids is 1. The molecule has 0 spiro atoms. The fraction of sp³-hybridized carbons (Fsp3) is 0.150. The summed E-state index contributed by atoms with van der Waals surface area (Å²) in [5, 5.41) is 8.92. The molecule has 0 bridgehead atoms. The van der Waals surface area contributed by atoms with Crippen molar-refractivity contribution in [3.05, 3.63) is 76.6 Å². The molecule has 144 valence electrons. The summed E-state index contributed by atoms with van der Waals surface area (Å²) >= 11 is 5.88. The zero-order valence-electron chi connectivity index (χ0n) is 15.4. The molecule has 0 saturated carbocycles. The van der Waals surface area contributed by atoms with Crippen molar-refractivity contribution in [3.63, 3.8) is 0 Å². The first kappa shape index (κ1) is 19.4. The first-order valence-electron chi connectivity index (χ1n) is 8.42. The van der Waals surface area contributed by atoms with E-state index in [9.17, 15) is 4.79 Å². The van der Waals surface area contributed by atoms with E-state index in [0.29, 0.717) is 28.6 Å². The highest BCUT2D eigenvalue weighted by Crippen LogP contribution is 2.23. The lowest BCUT2D eigenvalue weighted by Crippen LogP contribution is -2.18. The predicted octanol–water partition coefficient (Wildman–Crippen LogP) is 3.37. The number of hydrogen-bond acceptors (Lipinski definition) is 5. The first-order valence-corrected chi connectivity index (χ1v) is 8.80. The molecule has 0 radical (unpaired) electrons. The van der Waals surface area contributed by atoms with Gasteiger partial charge in [0.15, 0.2) is 5.69 Å². The summed E-state index contributed by atoms with van der Waals surface area (Å²) in [5.41, 5.74) is 4.47. The molecule has 0 unspecified atom stereocenters. The van der Waals surface area contributed by atoms with Crippen LogP contribution in [0.25, 0.3) is 0 Å². The largest absolute Gasteiger partial charge is 0.497 e. The quantitative estimate of drug-likeness (QED) is 0.489. The maximum Gasteiger partial charge on any atom is 0.291 e. The maximum absolute atomic E-state index is 12.2. The third kappa shape index (κ3) is 4.89. The van der Waals surface area contributed by atoms with E-state index < -0.39 is 5.91 Å². The molecule has 3 aromatic rings. The second-order valence-electron chi connectivity index (χ2n) is 5.83. The molecule has 28 heavy (non-hydrogen) atoms. The molecule has 0 atom stereocenters.